The van der Waals surface area contributed by atoms with Gasteiger partial charge < -0.3 is 19.9 Å². The largest absolute Gasteiger partial charge is 0.493 e. The standard InChI is InChI=1S/C36H42FN5O/c1-25-24-41(31-17-15-30(37)16-18-31)21-22-42(25)27(3)29-14-19-32-33(23-29)40-35(34(39-32)28-12-8-7-9-13-28)38-20-10-11-26(2)43-36(4,5)6/h7-9,12-19,23,25H,2-3,10-11,20-22,24H2,1,4-6H3,(H,38,40)/t25-/m1/s1. The first-order valence-corrected chi connectivity index (χ1v) is 15.0. The lowest BCUT2D eigenvalue weighted by atomic mass is 10.1. The zero-order chi connectivity index (χ0) is 30.6. The van der Waals surface area contributed by atoms with Crippen molar-refractivity contribution in [2.75, 3.05) is 36.4 Å². The number of hydrogen-bond acceptors (Lipinski definition) is 6. The second kappa shape index (κ2) is 12.9. The van der Waals surface area contributed by atoms with Crippen LogP contribution in [0.4, 0.5) is 15.9 Å². The van der Waals surface area contributed by atoms with Gasteiger partial charge in [0.15, 0.2) is 5.82 Å². The van der Waals surface area contributed by atoms with Crippen molar-refractivity contribution in [1.82, 2.24) is 14.9 Å². The summed E-state index contributed by atoms with van der Waals surface area (Å²) in [7, 11) is 0. The summed E-state index contributed by atoms with van der Waals surface area (Å²) < 4.78 is 19.3. The number of allylic oxidation sites excluding steroid dienone is 1. The number of nitrogens with one attached hydrogen (secondary N) is 1. The Morgan fingerprint density at radius 1 is 0.977 bits per heavy atom. The Morgan fingerprint density at radius 3 is 2.42 bits per heavy atom. The maximum Gasteiger partial charge on any atom is 0.153 e. The molecule has 1 N–H and O–H groups in total. The fourth-order valence-corrected chi connectivity index (χ4v) is 5.54. The third-order valence-corrected chi connectivity index (χ3v) is 7.59. The molecule has 1 aliphatic heterocycles. The van der Waals surface area contributed by atoms with Gasteiger partial charge in [0, 0.05) is 55.6 Å². The first-order valence-electron chi connectivity index (χ1n) is 15.0. The van der Waals surface area contributed by atoms with E-state index in [0.29, 0.717) is 0 Å². The predicted octanol–water partition coefficient (Wildman–Crippen LogP) is 8.14. The van der Waals surface area contributed by atoms with Crippen LogP contribution >= 0.6 is 0 Å². The summed E-state index contributed by atoms with van der Waals surface area (Å²) in [5.74, 6) is 1.33. The number of anilines is 2. The zero-order valence-electron chi connectivity index (χ0n) is 25.7. The number of benzene rings is 3. The minimum absolute atomic E-state index is 0.214. The Bertz CT molecular complexity index is 1580. The van der Waals surface area contributed by atoms with Crippen molar-refractivity contribution in [3.05, 3.63) is 103 Å². The number of aromatic nitrogens is 2. The second-order valence-electron chi connectivity index (χ2n) is 12.2. The molecular formula is C36H42FN5O. The van der Waals surface area contributed by atoms with Crippen LogP contribution < -0.4 is 10.2 Å². The molecule has 224 valence electrons. The van der Waals surface area contributed by atoms with E-state index in [9.17, 15) is 4.39 Å². The Morgan fingerprint density at radius 2 is 1.72 bits per heavy atom. The van der Waals surface area contributed by atoms with Crippen LogP contribution in [0.15, 0.2) is 91.7 Å². The quantitative estimate of drug-likeness (QED) is 0.151. The molecule has 0 spiro atoms. The number of halogens is 1. The molecule has 7 heteroatoms. The lowest BCUT2D eigenvalue weighted by molar-refractivity contribution is 0.0476. The van der Waals surface area contributed by atoms with Crippen molar-refractivity contribution in [3.63, 3.8) is 0 Å². The van der Waals surface area contributed by atoms with Crippen LogP contribution in [0.1, 0.15) is 46.1 Å². The van der Waals surface area contributed by atoms with Crippen molar-refractivity contribution >= 4 is 28.2 Å². The zero-order valence-corrected chi connectivity index (χ0v) is 25.7. The summed E-state index contributed by atoms with van der Waals surface area (Å²) >= 11 is 0. The maximum absolute atomic E-state index is 13.4. The molecule has 1 atom stereocenters. The fraction of sp³-hybridized carbons (Fsp3) is 0.333. The smallest absolute Gasteiger partial charge is 0.153 e. The van der Waals surface area contributed by atoms with Crippen molar-refractivity contribution in [3.8, 4) is 11.3 Å². The molecule has 1 aromatic heterocycles. The van der Waals surface area contributed by atoms with Gasteiger partial charge in [-0.3, -0.25) is 0 Å². The van der Waals surface area contributed by atoms with Crippen LogP contribution in [-0.2, 0) is 4.74 Å². The summed E-state index contributed by atoms with van der Waals surface area (Å²) in [4.78, 5) is 14.8. The van der Waals surface area contributed by atoms with E-state index < -0.39 is 0 Å². The van der Waals surface area contributed by atoms with Gasteiger partial charge >= 0.3 is 0 Å². The molecule has 0 radical (unpaired) electrons. The van der Waals surface area contributed by atoms with Crippen LogP contribution in [0.2, 0.25) is 0 Å². The normalized spacial score (nSPS) is 15.4. The minimum Gasteiger partial charge on any atom is -0.493 e. The summed E-state index contributed by atoms with van der Waals surface area (Å²) in [6.45, 7) is 20.1. The monoisotopic (exact) mass is 579 g/mol. The molecule has 43 heavy (non-hydrogen) atoms. The lowest BCUT2D eigenvalue weighted by Crippen LogP contribution is -2.50. The predicted molar refractivity (Wildman–Crippen MR) is 176 cm³/mol. The molecule has 6 nitrogen and oxygen atoms in total. The Kier molecular flexibility index (Phi) is 9.00. The van der Waals surface area contributed by atoms with Gasteiger partial charge in [-0.25, -0.2) is 14.4 Å². The Labute approximate surface area is 254 Å². The molecule has 1 fully saturated rings. The van der Waals surface area contributed by atoms with Gasteiger partial charge in [0.25, 0.3) is 0 Å². The Balaban J connectivity index is 1.33. The number of hydrogen-bond donors (Lipinski definition) is 1. The summed E-state index contributed by atoms with van der Waals surface area (Å²) in [6, 6.07) is 23.3. The lowest BCUT2D eigenvalue weighted by Gasteiger charge is -2.43. The van der Waals surface area contributed by atoms with Crippen molar-refractivity contribution in [2.24, 2.45) is 0 Å². The minimum atomic E-state index is -0.246. The molecule has 0 amide bonds. The SMILES string of the molecule is C=C(CCCNc1nc2cc(C(=C)N3CCN(c4ccc(F)cc4)C[C@H]3C)ccc2nc1-c1ccccc1)OC(C)(C)C. The van der Waals surface area contributed by atoms with Crippen molar-refractivity contribution in [2.45, 2.75) is 52.2 Å². The van der Waals surface area contributed by atoms with E-state index in [2.05, 4.69) is 59.5 Å². The fourth-order valence-electron chi connectivity index (χ4n) is 5.54. The van der Waals surface area contributed by atoms with Crippen molar-refractivity contribution < 1.29 is 9.13 Å². The summed E-state index contributed by atoms with van der Waals surface area (Å²) in [6.07, 6.45) is 1.63. The highest BCUT2D eigenvalue weighted by molar-refractivity contribution is 5.85. The summed E-state index contributed by atoms with van der Waals surface area (Å²) in [5, 5.41) is 3.53. The molecule has 2 heterocycles. The van der Waals surface area contributed by atoms with Crippen LogP contribution in [0.3, 0.4) is 0 Å². The van der Waals surface area contributed by atoms with Gasteiger partial charge in [-0.2, -0.15) is 0 Å². The summed E-state index contributed by atoms with van der Waals surface area (Å²) in [5.41, 5.74) is 6.29. The average Bonchev–Trinajstić information content (AvgIpc) is 2.98. The molecule has 0 unspecified atom stereocenters. The molecule has 0 bridgehead atoms. The van der Waals surface area contributed by atoms with Crippen molar-refractivity contribution in [1.29, 1.82) is 0 Å². The van der Waals surface area contributed by atoms with Gasteiger partial charge in [-0.1, -0.05) is 49.6 Å². The number of nitrogens with zero attached hydrogens (tertiary/aromatic N) is 4. The van der Waals surface area contributed by atoms with Crippen LogP contribution in [0, 0.1) is 5.82 Å². The van der Waals surface area contributed by atoms with Crippen LogP contribution in [0.25, 0.3) is 28.0 Å². The molecule has 5 rings (SSSR count). The highest BCUT2D eigenvalue weighted by atomic mass is 19.1. The number of ether oxygens (including phenoxy) is 1. The Hall–Kier alpha value is -4.39. The topological polar surface area (TPSA) is 53.5 Å². The first-order chi connectivity index (χ1) is 20.6. The van der Waals surface area contributed by atoms with Gasteiger partial charge in [0.2, 0.25) is 0 Å². The van der Waals surface area contributed by atoms with Gasteiger partial charge in [0.05, 0.1) is 16.8 Å². The molecular weight excluding hydrogens is 537 g/mol. The van der Waals surface area contributed by atoms with Gasteiger partial charge in [-0.05, 0) is 76.1 Å². The first kappa shape index (κ1) is 30.1. The highest BCUT2D eigenvalue weighted by Gasteiger charge is 2.26. The molecule has 1 saturated heterocycles. The van der Waals surface area contributed by atoms with E-state index in [4.69, 9.17) is 14.7 Å². The third-order valence-electron chi connectivity index (χ3n) is 7.59. The van der Waals surface area contributed by atoms with Crippen LogP contribution in [0.5, 0.6) is 0 Å². The number of piperazine rings is 1. The molecule has 3 aromatic carbocycles. The highest BCUT2D eigenvalue weighted by Crippen LogP contribution is 2.31. The van der Waals surface area contributed by atoms with E-state index in [-0.39, 0.29) is 17.5 Å². The molecule has 0 aliphatic carbocycles. The molecule has 0 saturated carbocycles. The third kappa shape index (κ3) is 7.53. The van der Waals surface area contributed by atoms with E-state index in [1.54, 1.807) is 0 Å². The second-order valence-corrected chi connectivity index (χ2v) is 12.2. The average molecular weight is 580 g/mol. The van der Waals surface area contributed by atoms with Gasteiger partial charge in [-0.15, -0.1) is 0 Å². The van der Waals surface area contributed by atoms with E-state index in [1.807, 2.05) is 57.2 Å². The van der Waals surface area contributed by atoms with E-state index in [1.165, 1.54) is 12.1 Å². The van der Waals surface area contributed by atoms with Gasteiger partial charge in [0.1, 0.15) is 17.1 Å². The number of fused-ring (bicyclic) bond motifs is 1. The van der Waals surface area contributed by atoms with E-state index in [0.717, 1.165) is 89.8 Å². The maximum atomic E-state index is 13.4. The molecule has 4 aromatic rings. The van der Waals surface area contributed by atoms with E-state index >= 15 is 0 Å². The molecule has 1 aliphatic rings. The number of rotatable bonds is 10. The van der Waals surface area contributed by atoms with Crippen LogP contribution in [-0.4, -0.2) is 52.7 Å².